The molecule has 0 saturated carbocycles. The van der Waals surface area contributed by atoms with Crippen LogP contribution in [-0.2, 0) is 0 Å². The molecule has 1 aromatic heterocycles. The van der Waals surface area contributed by atoms with Crippen LogP contribution in [0.4, 0.5) is 16.2 Å². The Morgan fingerprint density at radius 2 is 1.97 bits per heavy atom. The third kappa shape index (κ3) is 5.18. The lowest BCUT2D eigenvalue weighted by Crippen LogP contribution is -2.34. The van der Waals surface area contributed by atoms with Crippen LogP contribution >= 0.6 is 22.9 Å². The molecule has 1 aliphatic heterocycles. The molecule has 4 rings (SSSR count). The zero-order valence-electron chi connectivity index (χ0n) is 18.0. The van der Waals surface area contributed by atoms with E-state index in [1.54, 1.807) is 54.5 Å². The highest BCUT2D eigenvalue weighted by molar-refractivity contribution is 7.13. The van der Waals surface area contributed by atoms with E-state index in [-0.39, 0.29) is 23.0 Å². The first-order valence-electron chi connectivity index (χ1n) is 10.2. The van der Waals surface area contributed by atoms with Crippen molar-refractivity contribution < 1.29 is 19.1 Å². The van der Waals surface area contributed by atoms with Gasteiger partial charge in [-0.1, -0.05) is 29.0 Å². The van der Waals surface area contributed by atoms with Crippen molar-refractivity contribution in [2.75, 3.05) is 31.4 Å². The summed E-state index contributed by atoms with van der Waals surface area (Å²) in [7, 11) is 3.09. The predicted molar refractivity (Wildman–Crippen MR) is 127 cm³/mol. The van der Waals surface area contributed by atoms with Crippen LogP contribution in [0, 0.1) is 0 Å². The maximum absolute atomic E-state index is 13.1. The standard InChI is InChI=1S/C22H22ClN5O4S/c1-31-15-8-9-18(32-2)16(12-15)25-22(30)28-10-4-7-17(28)20-26-27-21(33-20)19(29)24-14-6-3-5-13(23)11-14/h3,5-6,8-9,11-12,17H,4,7,10H2,1-2H3,(H,24,29)(H,25,30)/t17-/m1/s1. The number of rotatable bonds is 6. The Hall–Kier alpha value is -3.37. The second-order valence-electron chi connectivity index (χ2n) is 7.26. The third-order valence-corrected chi connectivity index (χ3v) is 6.42. The zero-order chi connectivity index (χ0) is 23.4. The molecule has 0 bridgehead atoms. The van der Waals surface area contributed by atoms with E-state index >= 15 is 0 Å². The first kappa shape index (κ1) is 22.8. The van der Waals surface area contributed by atoms with Crippen molar-refractivity contribution in [2.45, 2.75) is 18.9 Å². The van der Waals surface area contributed by atoms with Gasteiger partial charge in [-0.2, -0.15) is 0 Å². The number of anilines is 2. The van der Waals surface area contributed by atoms with Gasteiger partial charge in [0.05, 0.1) is 25.9 Å². The molecule has 1 fully saturated rings. The summed E-state index contributed by atoms with van der Waals surface area (Å²) in [5, 5.41) is 15.2. The SMILES string of the molecule is COc1ccc(OC)c(NC(=O)N2CCC[C@@H]2c2nnc(C(=O)Nc3cccc(Cl)c3)s2)c1. The molecule has 0 radical (unpaired) electrons. The van der Waals surface area contributed by atoms with Crippen LogP contribution in [0.2, 0.25) is 5.02 Å². The number of nitrogens with one attached hydrogen (secondary N) is 2. The normalized spacial score (nSPS) is 15.2. The molecular formula is C22H22ClN5O4S. The van der Waals surface area contributed by atoms with Crippen LogP contribution in [0.1, 0.15) is 33.7 Å². The highest BCUT2D eigenvalue weighted by atomic mass is 35.5. The monoisotopic (exact) mass is 487 g/mol. The molecule has 9 nitrogen and oxygen atoms in total. The number of nitrogens with zero attached hydrogens (tertiary/aromatic N) is 3. The fraction of sp³-hybridized carbons (Fsp3) is 0.273. The summed E-state index contributed by atoms with van der Waals surface area (Å²) >= 11 is 7.14. The second kappa shape index (κ2) is 10.1. The highest BCUT2D eigenvalue weighted by Crippen LogP contribution is 2.35. The lowest BCUT2D eigenvalue weighted by molar-refractivity contribution is 0.102. The maximum atomic E-state index is 13.1. The van der Waals surface area contributed by atoms with Crippen molar-refractivity contribution in [1.82, 2.24) is 15.1 Å². The average molecular weight is 488 g/mol. The molecular weight excluding hydrogens is 466 g/mol. The van der Waals surface area contributed by atoms with E-state index < -0.39 is 0 Å². The van der Waals surface area contributed by atoms with E-state index in [4.69, 9.17) is 21.1 Å². The highest BCUT2D eigenvalue weighted by Gasteiger charge is 2.33. The fourth-order valence-electron chi connectivity index (χ4n) is 3.58. The van der Waals surface area contributed by atoms with Crippen molar-refractivity contribution in [2.24, 2.45) is 0 Å². The number of carbonyl (C=O) groups is 2. The van der Waals surface area contributed by atoms with Gasteiger partial charge in [-0.05, 0) is 43.2 Å². The van der Waals surface area contributed by atoms with E-state index in [0.717, 1.165) is 12.8 Å². The molecule has 1 aliphatic rings. The summed E-state index contributed by atoms with van der Waals surface area (Å²) in [5.74, 6) is 0.746. The minimum Gasteiger partial charge on any atom is -0.497 e. The van der Waals surface area contributed by atoms with Crippen LogP contribution in [0.25, 0.3) is 0 Å². The number of methoxy groups -OCH3 is 2. The smallest absolute Gasteiger partial charge is 0.322 e. The van der Waals surface area contributed by atoms with E-state index in [0.29, 0.717) is 39.4 Å². The number of benzene rings is 2. The lowest BCUT2D eigenvalue weighted by Gasteiger charge is -2.23. The van der Waals surface area contributed by atoms with E-state index in [1.807, 2.05) is 0 Å². The minimum atomic E-state index is -0.379. The average Bonchev–Trinajstić information content (AvgIpc) is 3.48. The Morgan fingerprint density at radius 1 is 1.12 bits per heavy atom. The second-order valence-corrected chi connectivity index (χ2v) is 8.70. The molecule has 172 valence electrons. The van der Waals surface area contributed by atoms with Crippen LogP contribution in [-0.4, -0.2) is 47.8 Å². The number of aromatic nitrogens is 2. The molecule has 1 atom stereocenters. The van der Waals surface area contributed by atoms with Gasteiger partial charge in [-0.15, -0.1) is 10.2 Å². The number of hydrogen-bond acceptors (Lipinski definition) is 7. The Balaban J connectivity index is 1.47. The Labute approximate surface area is 199 Å². The molecule has 11 heteroatoms. The number of carbonyl (C=O) groups excluding carboxylic acids is 2. The van der Waals surface area contributed by atoms with Gasteiger partial charge in [-0.3, -0.25) is 4.79 Å². The summed E-state index contributed by atoms with van der Waals surface area (Å²) in [4.78, 5) is 27.3. The van der Waals surface area contributed by atoms with E-state index in [1.165, 1.54) is 18.4 Å². The quantitative estimate of drug-likeness (QED) is 0.516. The van der Waals surface area contributed by atoms with Crippen molar-refractivity contribution in [3.63, 3.8) is 0 Å². The van der Waals surface area contributed by atoms with Crippen LogP contribution in [0.3, 0.4) is 0 Å². The van der Waals surface area contributed by atoms with Gasteiger partial charge in [0.1, 0.15) is 16.5 Å². The summed E-state index contributed by atoms with van der Waals surface area (Å²) in [5.41, 5.74) is 1.07. The Bertz CT molecular complexity index is 1170. The number of ether oxygens (including phenoxy) is 2. The van der Waals surface area contributed by atoms with Crippen molar-refractivity contribution in [3.8, 4) is 11.5 Å². The number of amides is 3. The molecule has 0 aliphatic carbocycles. The van der Waals surface area contributed by atoms with Crippen LogP contribution in [0.15, 0.2) is 42.5 Å². The summed E-state index contributed by atoms with van der Waals surface area (Å²) in [6.45, 7) is 0.562. The number of hydrogen-bond donors (Lipinski definition) is 2. The van der Waals surface area contributed by atoms with Crippen LogP contribution in [0.5, 0.6) is 11.5 Å². The summed E-state index contributed by atoms with van der Waals surface area (Å²) in [6.07, 6.45) is 1.55. The predicted octanol–water partition coefficient (Wildman–Crippen LogP) is 4.83. The molecule has 3 amide bonds. The molecule has 0 spiro atoms. The fourth-order valence-corrected chi connectivity index (χ4v) is 4.65. The largest absolute Gasteiger partial charge is 0.497 e. The molecule has 3 aromatic rings. The van der Waals surface area contributed by atoms with Crippen molar-refractivity contribution >= 4 is 46.3 Å². The summed E-state index contributed by atoms with van der Waals surface area (Å²) in [6, 6.07) is 11.5. The van der Waals surface area contributed by atoms with E-state index in [2.05, 4.69) is 20.8 Å². The van der Waals surface area contributed by atoms with Gasteiger partial charge in [0, 0.05) is 23.3 Å². The van der Waals surface area contributed by atoms with Gasteiger partial charge in [0.25, 0.3) is 5.91 Å². The van der Waals surface area contributed by atoms with Crippen LogP contribution < -0.4 is 20.1 Å². The van der Waals surface area contributed by atoms with Crippen molar-refractivity contribution in [1.29, 1.82) is 0 Å². The number of urea groups is 1. The topological polar surface area (TPSA) is 106 Å². The van der Waals surface area contributed by atoms with E-state index in [9.17, 15) is 9.59 Å². The first-order valence-corrected chi connectivity index (χ1v) is 11.4. The Morgan fingerprint density at radius 3 is 2.73 bits per heavy atom. The summed E-state index contributed by atoms with van der Waals surface area (Å²) < 4.78 is 10.6. The van der Waals surface area contributed by atoms with Gasteiger partial charge in [-0.25, -0.2) is 4.79 Å². The van der Waals surface area contributed by atoms with Gasteiger partial charge < -0.3 is 25.0 Å². The zero-order valence-corrected chi connectivity index (χ0v) is 19.6. The minimum absolute atomic E-state index is 0.215. The van der Waals surface area contributed by atoms with Gasteiger partial charge >= 0.3 is 6.03 Å². The maximum Gasteiger partial charge on any atom is 0.322 e. The molecule has 2 aromatic carbocycles. The molecule has 2 heterocycles. The lowest BCUT2D eigenvalue weighted by atomic mass is 10.2. The number of halogens is 1. The third-order valence-electron chi connectivity index (χ3n) is 5.16. The molecule has 33 heavy (non-hydrogen) atoms. The molecule has 2 N–H and O–H groups in total. The first-order chi connectivity index (χ1) is 16.0. The Kier molecular flexibility index (Phi) is 6.95. The van der Waals surface area contributed by atoms with Gasteiger partial charge in [0.15, 0.2) is 0 Å². The van der Waals surface area contributed by atoms with Gasteiger partial charge in [0.2, 0.25) is 5.01 Å². The number of likely N-dealkylation sites (tertiary alicyclic amines) is 1. The molecule has 1 saturated heterocycles. The van der Waals surface area contributed by atoms with Crippen molar-refractivity contribution in [3.05, 3.63) is 57.5 Å². The molecule has 0 unspecified atom stereocenters.